The molecule has 2 aliphatic heterocycles. The molecule has 4 rings (SSSR count). The van der Waals surface area contributed by atoms with Gasteiger partial charge in [-0.25, -0.2) is 19.9 Å². The minimum Gasteiger partial charge on any atom is -0.396 e. The molecule has 2 aliphatic rings. The average molecular weight is 413 g/mol. The second kappa shape index (κ2) is 9.66. The minimum absolute atomic E-state index is 0.0829. The van der Waals surface area contributed by atoms with Gasteiger partial charge < -0.3 is 20.0 Å². The van der Waals surface area contributed by atoms with Crippen molar-refractivity contribution in [3.8, 4) is 0 Å². The molecule has 0 bridgehead atoms. The van der Waals surface area contributed by atoms with Crippen LogP contribution in [0.4, 0.5) is 11.6 Å². The zero-order valence-corrected chi connectivity index (χ0v) is 17.7. The molecule has 2 fully saturated rings. The molecule has 0 saturated carbocycles. The summed E-state index contributed by atoms with van der Waals surface area (Å²) in [7, 11) is 0. The van der Waals surface area contributed by atoms with Gasteiger partial charge in [-0.1, -0.05) is 0 Å². The Labute approximate surface area is 178 Å². The molecule has 30 heavy (non-hydrogen) atoms. The van der Waals surface area contributed by atoms with Crippen molar-refractivity contribution in [2.45, 2.75) is 45.1 Å². The van der Waals surface area contributed by atoms with E-state index >= 15 is 0 Å². The van der Waals surface area contributed by atoms with Gasteiger partial charge in [0.05, 0.1) is 6.61 Å². The van der Waals surface area contributed by atoms with Crippen LogP contribution in [-0.4, -0.2) is 62.9 Å². The molecule has 0 aliphatic carbocycles. The topological polar surface area (TPSA) is 98.5 Å². The highest BCUT2D eigenvalue weighted by Gasteiger charge is 2.30. The Bertz CT molecular complexity index is 817. The van der Waals surface area contributed by atoms with E-state index in [9.17, 15) is 5.11 Å². The first-order valence-electron chi connectivity index (χ1n) is 11.1. The summed E-state index contributed by atoms with van der Waals surface area (Å²) in [6.45, 7) is 5.87. The van der Waals surface area contributed by atoms with Gasteiger partial charge in [0, 0.05) is 45.0 Å². The highest BCUT2D eigenvalue weighted by atomic mass is 16.3. The van der Waals surface area contributed by atoms with Crippen LogP contribution in [0, 0.1) is 11.8 Å². The van der Waals surface area contributed by atoms with Crippen molar-refractivity contribution < 1.29 is 10.2 Å². The highest BCUT2D eigenvalue weighted by molar-refractivity contribution is 5.39. The summed E-state index contributed by atoms with van der Waals surface area (Å²) in [4.78, 5) is 22.2. The Kier molecular flexibility index (Phi) is 6.74. The van der Waals surface area contributed by atoms with Crippen molar-refractivity contribution in [3.63, 3.8) is 0 Å². The summed E-state index contributed by atoms with van der Waals surface area (Å²) < 4.78 is 0. The molecule has 8 heteroatoms. The Balaban J connectivity index is 1.28. The molecular formula is C22H32N6O2. The lowest BCUT2D eigenvalue weighted by Crippen LogP contribution is -2.41. The monoisotopic (exact) mass is 412 g/mol. The standard InChI is InChI=1S/C22H32N6O2/c1-16(30)22-24-10-3-21(26-22)28-13-6-18(7-14-28)17-4-11-27(12-5-17)20-2-9-23-19(25-20)8-15-29/h2-3,9-10,16-18,29-30H,4-8,11-15H2,1H3/t16-/m1/s1. The first-order valence-corrected chi connectivity index (χ1v) is 11.1. The Morgan fingerprint density at radius 1 is 0.900 bits per heavy atom. The summed E-state index contributed by atoms with van der Waals surface area (Å²) in [5.41, 5.74) is 0. The van der Waals surface area contributed by atoms with Gasteiger partial charge in [-0.15, -0.1) is 0 Å². The van der Waals surface area contributed by atoms with E-state index in [2.05, 4.69) is 29.7 Å². The number of hydrogen-bond donors (Lipinski definition) is 2. The van der Waals surface area contributed by atoms with Crippen molar-refractivity contribution in [2.75, 3.05) is 42.6 Å². The molecule has 0 aromatic carbocycles. The van der Waals surface area contributed by atoms with Gasteiger partial charge in [-0.3, -0.25) is 0 Å². The summed E-state index contributed by atoms with van der Waals surface area (Å²) in [5, 5.41) is 18.9. The van der Waals surface area contributed by atoms with E-state index in [0.29, 0.717) is 18.1 Å². The second-order valence-electron chi connectivity index (χ2n) is 8.40. The van der Waals surface area contributed by atoms with Crippen LogP contribution in [0.15, 0.2) is 24.5 Å². The molecular weight excluding hydrogens is 380 g/mol. The van der Waals surface area contributed by atoms with Gasteiger partial charge >= 0.3 is 0 Å². The largest absolute Gasteiger partial charge is 0.396 e. The average Bonchev–Trinajstić information content (AvgIpc) is 2.80. The lowest BCUT2D eigenvalue weighted by molar-refractivity contribution is 0.188. The Hall–Kier alpha value is -2.32. The number of piperidine rings is 2. The smallest absolute Gasteiger partial charge is 0.158 e. The lowest BCUT2D eigenvalue weighted by atomic mass is 9.79. The van der Waals surface area contributed by atoms with Gasteiger partial charge in [0.25, 0.3) is 0 Å². The normalized spacial score (nSPS) is 19.8. The van der Waals surface area contributed by atoms with E-state index < -0.39 is 6.10 Å². The third kappa shape index (κ3) is 4.87. The van der Waals surface area contributed by atoms with Crippen LogP contribution in [0.25, 0.3) is 0 Å². The van der Waals surface area contributed by atoms with Crippen LogP contribution in [0.3, 0.4) is 0 Å². The van der Waals surface area contributed by atoms with E-state index in [1.54, 1.807) is 19.3 Å². The first-order chi connectivity index (χ1) is 14.6. The lowest BCUT2D eigenvalue weighted by Gasteiger charge is -2.40. The molecule has 162 valence electrons. The maximum atomic E-state index is 9.74. The zero-order chi connectivity index (χ0) is 20.9. The van der Waals surface area contributed by atoms with E-state index in [4.69, 9.17) is 5.11 Å². The maximum Gasteiger partial charge on any atom is 0.158 e. The molecule has 0 radical (unpaired) electrons. The molecule has 1 atom stereocenters. The van der Waals surface area contributed by atoms with Crippen molar-refractivity contribution in [1.29, 1.82) is 0 Å². The number of rotatable bonds is 6. The van der Waals surface area contributed by atoms with Gasteiger partial charge in [0.15, 0.2) is 5.82 Å². The zero-order valence-electron chi connectivity index (χ0n) is 17.7. The Morgan fingerprint density at radius 2 is 1.43 bits per heavy atom. The molecule has 4 heterocycles. The van der Waals surface area contributed by atoms with Crippen molar-refractivity contribution >= 4 is 11.6 Å². The van der Waals surface area contributed by atoms with E-state index in [1.165, 1.54) is 25.7 Å². The third-order valence-electron chi connectivity index (χ3n) is 6.45. The quantitative estimate of drug-likeness (QED) is 0.743. The number of aromatic nitrogens is 4. The number of nitrogens with zero attached hydrogens (tertiary/aromatic N) is 6. The number of aliphatic hydroxyl groups excluding tert-OH is 2. The number of anilines is 2. The fourth-order valence-corrected chi connectivity index (χ4v) is 4.73. The molecule has 8 nitrogen and oxygen atoms in total. The van der Waals surface area contributed by atoms with Crippen LogP contribution in [0.5, 0.6) is 0 Å². The molecule has 2 aromatic heterocycles. The third-order valence-corrected chi connectivity index (χ3v) is 6.45. The van der Waals surface area contributed by atoms with E-state index in [-0.39, 0.29) is 6.61 Å². The molecule has 2 N–H and O–H groups in total. The minimum atomic E-state index is -0.637. The predicted molar refractivity (Wildman–Crippen MR) is 115 cm³/mol. The van der Waals surface area contributed by atoms with Crippen LogP contribution in [0.2, 0.25) is 0 Å². The van der Waals surface area contributed by atoms with Crippen molar-refractivity contribution in [3.05, 3.63) is 36.2 Å². The van der Waals surface area contributed by atoms with Gasteiger partial charge in [-0.2, -0.15) is 0 Å². The fraction of sp³-hybridized carbons (Fsp3) is 0.636. The van der Waals surface area contributed by atoms with Crippen LogP contribution in [0.1, 0.15) is 50.4 Å². The summed E-state index contributed by atoms with van der Waals surface area (Å²) >= 11 is 0. The SMILES string of the molecule is C[C@@H](O)c1nccc(N2CCC(C3CCN(c4ccnc(CCO)n4)CC3)CC2)n1. The highest BCUT2D eigenvalue weighted by Crippen LogP contribution is 2.34. The van der Waals surface area contributed by atoms with Gasteiger partial charge in [-0.05, 0) is 56.6 Å². The summed E-state index contributed by atoms with van der Waals surface area (Å²) in [5.74, 6) is 4.65. The van der Waals surface area contributed by atoms with E-state index in [0.717, 1.165) is 49.7 Å². The second-order valence-corrected chi connectivity index (χ2v) is 8.40. The van der Waals surface area contributed by atoms with Crippen LogP contribution in [-0.2, 0) is 6.42 Å². The Morgan fingerprint density at radius 3 is 1.97 bits per heavy atom. The molecule has 0 unspecified atom stereocenters. The van der Waals surface area contributed by atoms with E-state index in [1.807, 2.05) is 12.1 Å². The van der Waals surface area contributed by atoms with Gasteiger partial charge in [0.2, 0.25) is 0 Å². The summed E-state index contributed by atoms with van der Waals surface area (Å²) in [6, 6.07) is 3.92. The molecule has 0 spiro atoms. The van der Waals surface area contributed by atoms with Crippen molar-refractivity contribution in [1.82, 2.24) is 19.9 Å². The maximum absolute atomic E-state index is 9.74. The van der Waals surface area contributed by atoms with Crippen molar-refractivity contribution in [2.24, 2.45) is 11.8 Å². The van der Waals surface area contributed by atoms with Crippen LogP contribution < -0.4 is 9.80 Å². The first kappa shape index (κ1) is 20.9. The van der Waals surface area contributed by atoms with Gasteiger partial charge in [0.1, 0.15) is 23.6 Å². The van der Waals surface area contributed by atoms with Crippen LogP contribution >= 0.6 is 0 Å². The molecule has 0 amide bonds. The molecule has 2 saturated heterocycles. The molecule has 2 aromatic rings. The fourth-order valence-electron chi connectivity index (χ4n) is 4.73. The number of hydrogen-bond acceptors (Lipinski definition) is 8. The number of aliphatic hydroxyl groups is 2. The predicted octanol–water partition coefficient (Wildman–Crippen LogP) is 1.99. The summed E-state index contributed by atoms with van der Waals surface area (Å²) in [6.07, 6.45) is 8.18.